The maximum absolute atomic E-state index is 14.2. The molecule has 0 bridgehead atoms. The third-order valence-corrected chi connectivity index (χ3v) is 8.51. The fourth-order valence-corrected chi connectivity index (χ4v) is 5.92. The van der Waals surface area contributed by atoms with Crippen molar-refractivity contribution in [3.05, 3.63) is 90.0 Å². The fraction of sp³-hybridized carbons (Fsp3) is 0.375. The molecule has 220 valence electrons. The summed E-state index contributed by atoms with van der Waals surface area (Å²) in [6, 6.07) is 21.9. The second kappa shape index (κ2) is 15.2. The van der Waals surface area contributed by atoms with Crippen LogP contribution in [0, 0.1) is 6.92 Å². The summed E-state index contributed by atoms with van der Waals surface area (Å²) >= 11 is 0. The van der Waals surface area contributed by atoms with Gasteiger partial charge >= 0.3 is 0 Å². The highest BCUT2D eigenvalue weighted by molar-refractivity contribution is 7.92. The average Bonchev–Trinajstić information content (AvgIpc) is 2.97. The number of ether oxygens (including phenoxy) is 1. The van der Waals surface area contributed by atoms with E-state index in [9.17, 15) is 18.0 Å². The average molecular weight is 580 g/mol. The van der Waals surface area contributed by atoms with Crippen LogP contribution in [0.4, 0.5) is 5.69 Å². The van der Waals surface area contributed by atoms with Crippen LogP contribution in [0.1, 0.15) is 51.2 Å². The first-order valence-electron chi connectivity index (χ1n) is 14.1. The summed E-state index contributed by atoms with van der Waals surface area (Å²) in [6.45, 7) is 8.05. The van der Waals surface area contributed by atoms with Crippen molar-refractivity contribution >= 4 is 27.5 Å². The van der Waals surface area contributed by atoms with Crippen molar-refractivity contribution < 1.29 is 22.7 Å². The lowest BCUT2D eigenvalue weighted by molar-refractivity contribution is -0.140. The van der Waals surface area contributed by atoms with E-state index in [0.717, 1.165) is 28.3 Å². The van der Waals surface area contributed by atoms with Crippen molar-refractivity contribution in [2.24, 2.45) is 0 Å². The number of hydrogen-bond acceptors (Lipinski definition) is 5. The second-order valence-electron chi connectivity index (χ2n) is 9.80. The van der Waals surface area contributed by atoms with E-state index >= 15 is 0 Å². The Morgan fingerprint density at radius 1 is 0.902 bits per heavy atom. The quantitative estimate of drug-likeness (QED) is 0.246. The van der Waals surface area contributed by atoms with E-state index in [0.29, 0.717) is 25.3 Å². The molecule has 1 unspecified atom stereocenters. The number of hydrogen-bond donors (Lipinski definition) is 1. The summed E-state index contributed by atoms with van der Waals surface area (Å²) in [4.78, 5) is 29.0. The number of amides is 2. The molecule has 3 aromatic rings. The Morgan fingerprint density at radius 2 is 1.56 bits per heavy atom. The van der Waals surface area contributed by atoms with Crippen LogP contribution < -0.4 is 14.4 Å². The van der Waals surface area contributed by atoms with Gasteiger partial charge in [-0.3, -0.25) is 13.9 Å². The highest BCUT2D eigenvalue weighted by Crippen LogP contribution is 2.33. The van der Waals surface area contributed by atoms with Crippen LogP contribution in [-0.2, 0) is 26.2 Å². The molecule has 0 spiro atoms. The highest BCUT2D eigenvalue weighted by atomic mass is 32.2. The monoisotopic (exact) mass is 579 g/mol. The van der Waals surface area contributed by atoms with E-state index in [1.165, 1.54) is 17.0 Å². The standard InChI is InChI=1S/C32H41N3O5S/c1-5-8-22-33-32(37)28(6-2)34(23-26-14-10-9-11-15-26)31(36)24-35(29-16-12-13-17-30(29)40-7-3)41(38,39)27-20-18-25(4)19-21-27/h9-21,28H,5-8,22-24H2,1-4H3,(H,33,37). The van der Waals surface area contributed by atoms with E-state index < -0.39 is 28.5 Å². The molecule has 3 rings (SSSR count). The minimum absolute atomic E-state index is 0.0566. The van der Waals surface area contributed by atoms with Gasteiger partial charge in [-0.2, -0.15) is 0 Å². The van der Waals surface area contributed by atoms with Crippen LogP contribution >= 0.6 is 0 Å². The third kappa shape index (κ3) is 8.33. The zero-order valence-electron chi connectivity index (χ0n) is 24.4. The number of aryl methyl sites for hydroxylation is 1. The lowest BCUT2D eigenvalue weighted by atomic mass is 10.1. The number of carbonyl (C=O) groups is 2. The summed E-state index contributed by atoms with van der Waals surface area (Å²) in [7, 11) is -4.18. The number of carbonyl (C=O) groups excluding carboxylic acids is 2. The molecule has 0 saturated heterocycles. The van der Waals surface area contributed by atoms with Crippen molar-refractivity contribution in [2.45, 2.75) is 64.4 Å². The van der Waals surface area contributed by atoms with Gasteiger partial charge in [-0.25, -0.2) is 8.42 Å². The number of rotatable bonds is 15. The van der Waals surface area contributed by atoms with Gasteiger partial charge in [0.1, 0.15) is 18.3 Å². The number of para-hydroxylation sites is 2. The van der Waals surface area contributed by atoms with Crippen molar-refractivity contribution in [2.75, 3.05) is 24.0 Å². The van der Waals surface area contributed by atoms with Gasteiger partial charge in [0.15, 0.2) is 0 Å². The Hall–Kier alpha value is -3.85. The zero-order valence-corrected chi connectivity index (χ0v) is 25.2. The summed E-state index contributed by atoms with van der Waals surface area (Å²) in [5.41, 5.74) is 2.00. The van der Waals surface area contributed by atoms with Gasteiger partial charge in [-0.1, -0.05) is 80.4 Å². The molecule has 1 N–H and O–H groups in total. The maximum Gasteiger partial charge on any atom is 0.264 e. The SMILES string of the molecule is CCCCNC(=O)C(CC)N(Cc1ccccc1)C(=O)CN(c1ccccc1OCC)S(=O)(=O)c1ccc(C)cc1. The molecular formula is C32H41N3O5S. The molecule has 0 aromatic heterocycles. The number of sulfonamides is 1. The van der Waals surface area contributed by atoms with Crippen LogP contribution in [-0.4, -0.2) is 50.9 Å². The topological polar surface area (TPSA) is 96.0 Å². The zero-order chi connectivity index (χ0) is 29.8. The van der Waals surface area contributed by atoms with Gasteiger partial charge in [0, 0.05) is 13.1 Å². The van der Waals surface area contributed by atoms with E-state index in [-0.39, 0.29) is 23.0 Å². The van der Waals surface area contributed by atoms with Gasteiger partial charge in [-0.15, -0.1) is 0 Å². The lowest BCUT2D eigenvalue weighted by Gasteiger charge is -2.33. The third-order valence-electron chi connectivity index (χ3n) is 6.73. The molecule has 0 aliphatic carbocycles. The number of nitrogens with one attached hydrogen (secondary N) is 1. The molecule has 0 radical (unpaired) electrons. The molecular weight excluding hydrogens is 538 g/mol. The van der Waals surface area contributed by atoms with Gasteiger partial charge in [0.05, 0.1) is 17.2 Å². The van der Waals surface area contributed by atoms with Gasteiger partial charge < -0.3 is 15.0 Å². The smallest absolute Gasteiger partial charge is 0.264 e. The number of benzene rings is 3. The maximum atomic E-state index is 14.2. The van der Waals surface area contributed by atoms with E-state index in [4.69, 9.17) is 4.74 Å². The van der Waals surface area contributed by atoms with Gasteiger partial charge in [-0.05, 0) is 56.5 Å². The van der Waals surface area contributed by atoms with Crippen LogP contribution in [0.3, 0.4) is 0 Å². The van der Waals surface area contributed by atoms with Crippen LogP contribution in [0.15, 0.2) is 83.8 Å². The molecule has 2 amide bonds. The Morgan fingerprint density at radius 3 is 2.20 bits per heavy atom. The van der Waals surface area contributed by atoms with Crippen LogP contribution in [0.25, 0.3) is 0 Å². The first-order chi connectivity index (χ1) is 19.7. The fourth-order valence-electron chi connectivity index (χ4n) is 4.50. The molecule has 1 atom stereocenters. The van der Waals surface area contributed by atoms with E-state index in [1.54, 1.807) is 36.4 Å². The number of anilines is 1. The first-order valence-corrected chi connectivity index (χ1v) is 15.6. The largest absolute Gasteiger partial charge is 0.492 e. The van der Waals surface area contributed by atoms with Gasteiger partial charge in [0.2, 0.25) is 11.8 Å². The molecule has 0 aliphatic heterocycles. The Kier molecular flexibility index (Phi) is 11.8. The van der Waals surface area contributed by atoms with E-state index in [1.807, 2.05) is 58.0 Å². The summed E-state index contributed by atoms with van der Waals surface area (Å²) < 4.78 is 35.0. The number of nitrogens with zero attached hydrogens (tertiary/aromatic N) is 2. The number of unbranched alkanes of at least 4 members (excludes halogenated alkanes) is 1. The Bertz CT molecular complexity index is 1380. The van der Waals surface area contributed by atoms with Crippen LogP contribution in [0.2, 0.25) is 0 Å². The molecule has 0 aliphatic rings. The van der Waals surface area contributed by atoms with Crippen molar-refractivity contribution in [3.63, 3.8) is 0 Å². The van der Waals surface area contributed by atoms with Crippen LogP contribution in [0.5, 0.6) is 5.75 Å². The molecule has 9 heteroatoms. The Labute approximate surface area is 244 Å². The minimum Gasteiger partial charge on any atom is -0.492 e. The summed E-state index contributed by atoms with van der Waals surface area (Å²) in [6.07, 6.45) is 2.12. The first kappa shape index (κ1) is 31.7. The normalized spacial score (nSPS) is 11.9. The molecule has 0 saturated carbocycles. The minimum atomic E-state index is -4.18. The highest BCUT2D eigenvalue weighted by Gasteiger charge is 2.34. The molecule has 8 nitrogen and oxygen atoms in total. The molecule has 0 heterocycles. The Balaban J connectivity index is 2.07. The van der Waals surface area contributed by atoms with Crippen molar-refractivity contribution in [1.82, 2.24) is 10.2 Å². The lowest BCUT2D eigenvalue weighted by Crippen LogP contribution is -2.52. The van der Waals surface area contributed by atoms with Crippen molar-refractivity contribution in [3.8, 4) is 5.75 Å². The van der Waals surface area contributed by atoms with Crippen molar-refractivity contribution in [1.29, 1.82) is 0 Å². The van der Waals surface area contributed by atoms with Gasteiger partial charge in [0.25, 0.3) is 10.0 Å². The second-order valence-corrected chi connectivity index (χ2v) is 11.7. The molecule has 0 fully saturated rings. The predicted octanol–water partition coefficient (Wildman–Crippen LogP) is 5.31. The molecule has 3 aromatic carbocycles. The summed E-state index contributed by atoms with van der Waals surface area (Å²) in [5.74, 6) is -0.404. The predicted molar refractivity (Wildman–Crippen MR) is 162 cm³/mol. The van der Waals surface area contributed by atoms with E-state index in [2.05, 4.69) is 5.32 Å². The molecule has 41 heavy (non-hydrogen) atoms. The summed E-state index contributed by atoms with van der Waals surface area (Å²) in [5, 5.41) is 2.94.